The van der Waals surface area contributed by atoms with E-state index in [9.17, 15) is 18.0 Å². The summed E-state index contributed by atoms with van der Waals surface area (Å²) in [7, 11) is 1.88. The summed E-state index contributed by atoms with van der Waals surface area (Å²) in [5, 5.41) is 2.80. The Hall–Kier alpha value is -3.62. The molecule has 0 saturated heterocycles. The maximum atomic E-state index is 13.1. The molecule has 0 spiro atoms. The fourth-order valence-electron chi connectivity index (χ4n) is 3.25. The van der Waals surface area contributed by atoms with Crippen molar-refractivity contribution >= 4 is 23.2 Å². The minimum atomic E-state index is -4.44. The first-order chi connectivity index (χ1) is 14.3. The molecule has 0 unspecified atom stereocenters. The molecule has 30 heavy (non-hydrogen) atoms. The van der Waals surface area contributed by atoms with Crippen molar-refractivity contribution in [3.63, 3.8) is 0 Å². The van der Waals surface area contributed by atoms with Gasteiger partial charge in [0.15, 0.2) is 5.82 Å². The molecule has 1 aromatic carbocycles. The van der Waals surface area contributed by atoms with Gasteiger partial charge < -0.3 is 10.2 Å². The van der Waals surface area contributed by atoms with E-state index in [1.165, 1.54) is 11.0 Å². The number of hydrogen-bond donors (Lipinski definition) is 1. The van der Waals surface area contributed by atoms with Crippen LogP contribution in [0.4, 0.5) is 35.2 Å². The summed E-state index contributed by atoms with van der Waals surface area (Å²) in [6.45, 7) is 0.987. The Labute approximate surface area is 171 Å². The highest BCUT2D eigenvalue weighted by molar-refractivity contribution is 6.03. The molecule has 1 N–H and O–H groups in total. The van der Waals surface area contributed by atoms with E-state index in [0.717, 1.165) is 17.8 Å². The standard InChI is InChI=1S/C21H18F3N5O/c1-28-11-12-29(20(30)26-16-7-9-25-10-8-16)19-18(28)6-5-17(27-19)14-3-2-4-15(13-14)21(22,23)24/h2-10,13H,11-12H2,1H3,(H,25,26,30). The first-order valence-electron chi connectivity index (χ1n) is 9.21. The van der Waals surface area contributed by atoms with Gasteiger partial charge in [0.1, 0.15) is 0 Å². The number of aromatic nitrogens is 2. The molecule has 3 heterocycles. The van der Waals surface area contributed by atoms with Crippen molar-refractivity contribution in [2.24, 2.45) is 0 Å². The molecule has 6 nitrogen and oxygen atoms in total. The highest BCUT2D eigenvalue weighted by Crippen LogP contribution is 2.35. The van der Waals surface area contributed by atoms with E-state index in [-0.39, 0.29) is 6.03 Å². The third-order valence-electron chi connectivity index (χ3n) is 4.84. The van der Waals surface area contributed by atoms with Gasteiger partial charge in [0.2, 0.25) is 0 Å². The summed E-state index contributed by atoms with van der Waals surface area (Å²) in [4.78, 5) is 24.8. The summed E-state index contributed by atoms with van der Waals surface area (Å²) >= 11 is 0. The van der Waals surface area contributed by atoms with Gasteiger partial charge in [0.05, 0.1) is 16.9 Å². The highest BCUT2D eigenvalue weighted by Gasteiger charge is 2.31. The van der Waals surface area contributed by atoms with Crippen LogP contribution in [0.3, 0.4) is 0 Å². The van der Waals surface area contributed by atoms with Gasteiger partial charge in [-0.05, 0) is 36.4 Å². The molecule has 9 heteroatoms. The predicted octanol–water partition coefficient (Wildman–Crippen LogP) is 4.65. The number of fused-ring (bicyclic) bond motifs is 1. The molecular formula is C21H18F3N5O. The van der Waals surface area contributed by atoms with Crippen LogP contribution in [0.25, 0.3) is 11.3 Å². The van der Waals surface area contributed by atoms with E-state index in [2.05, 4.69) is 15.3 Å². The molecule has 154 valence electrons. The van der Waals surface area contributed by atoms with E-state index >= 15 is 0 Å². The highest BCUT2D eigenvalue weighted by atomic mass is 19.4. The molecule has 0 aliphatic carbocycles. The van der Waals surface area contributed by atoms with E-state index in [1.807, 2.05) is 11.9 Å². The number of anilines is 3. The Morgan fingerprint density at radius 3 is 2.57 bits per heavy atom. The van der Waals surface area contributed by atoms with Gasteiger partial charge >= 0.3 is 12.2 Å². The molecule has 1 aliphatic heterocycles. The van der Waals surface area contributed by atoms with Crippen LogP contribution in [0.1, 0.15) is 5.56 Å². The number of halogens is 3. The van der Waals surface area contributed by atoms with Gasteiger partial charge in [-0.15, -0.1) is 0 Å². The molecular weight excluding hydrogens is 395 g/mol. The number of carbonyl (C=O) groups excluding carboxylic acids is 1. The fraction of sp³-hybridized carbons (Fsp3) is 0.190. The van der Waals surface area contributed by atoms with Crippen molar-refractivity contribution in [3.8, 4) is 11.3 Å². The Morgan fingerprint density at radius 2 is 1.83 bits per heavy atom. The van der Waals surface area contributed by atoms with Gasteiger partial charge in [0.25, 0.3) is 0 Å². The number of likely N-dealkylation sites (N-methyl/N-ethyl adjacent to an activating group) is 1. The van der Waals surface area contributed by atoms with Crippen molar-refractivity contribution < 1.29 is 18.0 Å². The molecule has 2 aromatic heterocycles. The summed E-state index contributed by atoms with van der Waals surface area (Å²) in [6.07, 6.45) is -1.31. The number of urea groups is 1. The zero-order valence-electron chi connectivity index (χ0n) is 16.0. The Morgan fingerprint density at radius 1 is 1.07 bits per heavy atom. The normalized spacial score (nSPS) is 13.7. The van der Waals surface area contributed by atoms with E-state index in [4.69, 9.17) is 0 Å². The second kappa shape index (κ2) is 7.66. The molecule has 1 aliphatic rings. The van der Waals surface area contributed by atoms with Gasteiger partial charge in [-0.3, -0.25) is 9.88 Å². The predicted molar refractivity (Wildman–Crippen MR) is 109 cm³/mol. The number of benzene rings is 1. The van der Waals surface area contributed by atoms with Gasteiger partial charge in [-0.25, -0.2) is 9.78 Å². The third-order valence-corrected chi connectivity index (χ3v) is 4.84. The van der Waals surface area contributed by atoms with Crippen LogP contribution < -0.4 is 15.1 Å². The monoisotopic (exact) mass is 413 g/mol. The van der Waals surface area contributed by atoms with Crippen LogP contribution in [-0.4, -0.2) is 36.1 Å². The Bertz CT molecular complexity index is 1070. The third kappa shape index (κ3) is 3.91. The fourth-order valence-corrected chi connectivity index (χ4v) is 3.25. The number of rotatable bonds is 2. The van der Waals surface area contributed by atoms with E-state index in [0.29, 0.717) is 35.9 Å². The van der Waals surface area contributed by atoms with Crippen molar-refractivity contribution in [1.82, 2.24) is 9.97 Å². The number of nitrogens with zero attached hydrogens (tertiary/aromatic N) is 4. The first kappa shape index (κ1) is 19.7. The molecule has 0 radical (unpaired) electrons. The molecule has 0 atom stereocenters. The van der Waals surface area contributed by atoms with Crippen LogP contribution in [0.15, 0.2) is 60.9 Å². The SMILES string of the molecule is CN1CCN(C(=O)Nc2ccncc2)c2nc(-c3cccc(C(F)(F)F)c3)ccc21. The van der Waals surface area contributed by atoms with Gasteiger partial charge in [-0.1, -0.05) is 12.1 Å². The molecule has 3 aromatic rings. The number of pyridine rings is 2. The maximum Gasteiger partial charge on any atom is 0.416 e. The summed E-state index contributed by atoms with van der Waals surface area (Å²) in [6, 6.07) is 11.4. The molecule has 2 amide bonds. The Kier molecular flexibility index (Phi) is 5.03. The zero-order chi connectivity index (χ0) is 21.3. The maximum absolute atomic E-state index is 13.1. The Balaban J connectivity index is 1.70. The minimum Gasteiger partial charge on any atom is -0.370 e. The van der Waals surface area contributed by atoms with Crippen LogP contribution in [-0.2, 0) is 6.18 Å². The zero-order valence-corrected chi connectivity index (χ0v) is 16.0. The van der Waals surface area contributed by atoms with Crippen LogP contribution in [0.2, 0.25) is 0 Å². The number of amides is 2. The largest absolute Gasteiger partial charge is 0.416 e. The van der Waals surface area contributed by atoms with Crippen molar-refractivity contribution in [2.75, 3.05) is 35.3 Å². The molecule has 0 fully saturated rings. The second-order valence-electron chi connectivity index (χ2n) is 6.86. The van der Waals surface area contributed by atoms with Crippen LogP contribution in [0.5, 0.6) is 0 Å². The lowest BCUT2D eigenvalue weighted by Gasteiger charge is -2.34. The number of alkyl halides is 3. The molecule has 4 rings (SSSR count). The number of hydrogen-bond acceptors (Lipinski definition) is 4. The smallest absolute Gasteiger partial charge is 0.370 e. The van der Waals surface area contributed by atoms with E-state index < -0.39 is 11.7 Å². The quantitative estimate of drug-likeness (QED) is 0.664. The van der Waals surface area contributed by atoms with Crippen molar-refractivity contribution in [2.45, 2.75) is 6.18 Å². The average molecular weight is 413 g/mol. The van der Waals surface area contributed by atoms with Crippen LogP contribution >= 0.6 is 0 Å². The average Bonchev–Trinajstić information content (AvgIpc) is 2.74. The number of nitrogens with one attached hydrogen (secondary N) is 1. The van der Waals surface area contributed by atoms with Crippen LogP contribution in [0, 0.1) is 0 Å². The van der Waals surface area contributed by atoms with E-state index in [1.54, 1.807) is 42.7 Å². The molecule has 0 saturated carbocycles. The van der Waals surface area contributed by atoms with Crippen molar-refractivity contribution in [1.29, 1.82) is 0 Å². The van der Waals surface area contributed by atoms with Gasteiger partial charge in [-0.2, -0.15) is 13.2 Å². The lowest BCUT2D eigenvalue weighted by Crippen LogP contribution is -2.45. The lowest BCUT2D eigenvalue weighted by atomic mass is 10.1. The minimum absolute atomic E-state index is 0.329. The van der Waals surface area contributed by atoms with Crippen molar-refractivity contribution in [3.05, 3.63) is 66.5 Å². The first-order valence-corrected chi connectivity index (χ1v) is 9.21. The summed E-state index contributed by atoms with van der Waals surface area (Å²) in [5.41, 5.74) is 1.25. The van der Waals surface area contributed by atoms with Gasteiger partial charge in [0, 0.05) is 43.8 Å². The summed E-state index contributed by atoms with van der Waals surface area (Å²) in [5.74, 6) is 0.394. The topological polar surface area (TPSA) is 61.4 Å². The summed E-state index contributed by atoms with van der Waals surface area (Å²) < 4.78 is 39.3. The lowest BCUT2D eigenvalue weighted by molar-refractivity contribution is -0.137. The molecule has 0 bridgehead atoms. The second-order valence-corrected chi connectivity index (χ2v) is 6.86. The number of carbonyl (C=O) groups is 1.